The highest BCUT2D eigenvalue weighted by Gasteiger charge is 2.00. The van der Waals surface area contributed by atoms with Gasteiger partial charge in [0.15, 0.2) is 0 Å². The normalized spacial score (nSPS) is 9.81. The summed E-state index contributed by atoms with van der Waals surface area (Å²) in [6.45, 7) is 17.2. The second-order valence-corrected chi connectivity index (χ2v) is 8.39. The van der Waals surface area contributed by atoms with E-state index >= 15 is 0 Å². The number of H-pyrrole nitrogens is 1. The van der Waals surface area contributed by atoms with Crippen molar-refractivity contribution in [3.8, 4) is 0 Å². The molecule has 0 saturated heterocycles. The number of benzene rings is 1. The minimum atomic E-state index is 1.16. The lowest BCUT2D eigenvalue weighted by Crippen LogP contribution is -1.78. The summed E-state index contributed by atoms with van der Waals surface area (Å²) in [5.74, 6) is 0. The number of hydrogen-bond acceptors (Lipinski definition) is 1. The molecule has 1 aromatic heterocycles. The molecule has 0 aliphatic heterocycles. The van der Waals surface area contributed by atoms with Crippen molar-refractivity contribution in [2.75, 3.05) is 0 Å². The highest BCUT2D eigenvalue weighted by Crippen LogP contribution is 2.18. The number of unbranched alkanes of at least 4 members (excludes halogenated alkanes) is 12. The van der Waals surface area contributed by atoms with Crippen LogP contribution in [-0.2, 0) is 0 Å². The van der Waals surface area contributed by atoms with Gasteiger partial charge in [0.1, 0.15) is 0 Å². The fraction of sp³-hybridized carbons (Fsp3) is 0.759. The highest BCUT2D eigenvalue weighted by molar-refractivity contribution is 5.84. The van der Waals surface area contributed by atoms with E-state index in [1.807, 2.05) is 20.0 Å². The number of fused-ring (bicyclic) bond motifs is 1. The Morgan fingerprint density at radius 3 is 1.29 bits per heavy atom. The molecule has 0 aliphatic rings. The molecule has 0 atom stereocenters. The molecular formula is C29H56N2. The van der Waals surface area contributed by atoms with Crippen molar-refractivity contribution in [3.05, 3.63) is 29.5 Å². The molecule has 0 radical (unpaired) electrons. The number of aromatic nitrogens is 2. The fourth-order valence-electron chi connectivity index (χ4n) is 3.37. The molecule has 0 spiro atoms. The molecule has 2 rings (SSSR count). The van der Waals surface area contributed by atoms with Gasteiger partial charge in [0.05, 0.1) is 11.7 Å². The first-order valence-electron chi connectivity index (χ1n) is 13.5. The van der Waals surface area contributed by atoms with Crippen LogP contribution < -0.4 is 0 Å². The Kier molecular flexibility index (Phi) is 25.7. The number of hydrogen-bond donors (Lipinski definition) is 1. The second kappa shape index (κ2) is 25.0. The van der Waals surface area contributed by atoms with Crippen LogP contribution >= 0.6 is 0 Å². The largest absolute Gasteiger partial charge is 0.278 e. The summed E-state index contributed by atoms with van der Waals surface area (Å²) in [6.07, 6.45) is 21.8. The van der Waals surface area contributed by atoms with Gasteiger partial charge in [-0.1, -0.05) is 144 Å². The third-order valence-corrected chi connectivity index (χ3v) is 5.46. The van der Waals surface area contributed by atoms with E-state index in [4.69, 9.17) is 0 Å². The van der Waals surface area contributed by atoms with Crippen molar-refractivity contribution in [2.45, 2.75) is 145 Å². The summed E-state index contributed by atoms with van der Waals surface area (Å²) in [5, 5.41) is 8.20. The lowest BCUT2D eigenvalue weighted by molar-refractivity contribution is 0.602. The van der Waals surface area contributed by atoms with Crippen LogP contribution in [0.25, 0.3) is 10.9 Å². The van der Waals surface area contributed by atoms with Crippen LogP contribution in [0.1, 0.15) is 143 Å². The minimum Gasteiger partial charge on any atom is -0.278 e. The summed E-state index contributed by atoms with van der Waals surface area (Å²) in [5.41, 5.74) is 3.69. The van der Waals surface area contributed by atoms with E-state index in [1.54, 1.807) is 0 Å². The van der Waals surface area contributed by atoms with E-state index in [0.717, 1.165) is 5.52 Å². The maximum atomic E-state index is 4.00. The summed E-state index contributed by atoms with van der Waals surface area (Å²) >= 11 is 0. The molecule has 1 heterocycles. The smallest absolute Gasteiger partial charge is 0.0682 e. The number of nitrogens with one attached hydrogen (secondary N) is 1. The summed E-state index contributed by atoms with van der Waals surface area (Å²) in [4.78, 5) is 0. The maximum absolute atomic E-state index is 4.00. The average Bonchev–Trinajstić information content (AvgIpc) is 3.30. The van der Waals surface area contributed by atoms with Crippen LogP contribution in [0.5, 0.6) is 0 Å². The molecule has 0 amide bonds. The van der Waals surface area contributed by atoms with Crippen LogP contribution in [0.2, 0.25) is 0 Å². The van der Waals surface area contributed by atoms with Gasteiger partial charge in [0, 0.05) is 5.39 Å². The third kappa shape index (κ3) is 18.0. The number of nitrogens with zero attached hydrogens (tertiary/aromatic N) is 1. The summed E-state index contributed by atoms with van der Waals surface area (Å²) in [6, 6.07) is 4.23. The van der Waals surface area contributed by atoms with Gasteiger partial charge in [0.2, 0.25) is 0 Å². The Bertz CT molecular complexity index is 523. The van der Waals surface area contributed by atoms with Crippen molar-refractivity contribution in [1.29, 1.82) is 0 Å². The fourth-order valence-corrected chi connectivity index (χ4v) is 3.37. The van der Waals surface area contributed by atoms with Crippen molar-refractivity contribution in [2.24, 2.45) is 0 Å². The van der Waals surface area contributed by atoms with Gasteiger partial charge in [-0.05, 0) is 25.0 Å². The Morgan fingerprint density at radius 2 is 0.935 bits per heavy atom. The highest BCUT2D eigenvalue weighted by atomic mass is 15.1. The number of aromatic amines is 1. The van der Waals surface area contributed by atoms with E-state index in [1.165, 1.54) is 106 Å². The second-order valence-electron chi connectivity index (χ2n) is 8.39. The quantitative estimate of drug-likeness (QED) is 0.332. The SMILES string of the molecule is CC.CCCCCCCCC.CCCCCCCCC.Cc1ccc(C)c2[nH]ncc12. The Balaban J connectivity index is 0. The Labute approximate surface area is 196 Å². The monoisotopic (exact) mass is 432 g/mol. The lowest BCUT2D eigenvalue weighted by atomic mass is 10.1. The van der Waals surface area contributed by atoms with Gasteiger partial charge < -0.3 is 0 Å². The zero-order chi connectivity index (χ0) is 23.7. The first-order valence-corrected chi connectivity index (χ1v) is 13.5. The standard InChI is InChI=1S/C9H10N2.2C9H20.C2H6/c1-6-3-4-7(2)9-8(6)5-10-11-9;2*1-3-5-7-9-8-6-4-2;1-2/h3-5H,1-2H3,(H,10,11);2*3-9H2,1-2H3;1-2H3. The van der Waals surface area contributed by atoms with Crippen LogP contribution in [0.3, 0.4) is 0 Å². The predicted octanol–water partition coefficient (Wildman–Crippen LogP) is 10.7. The van der Waals surface area contributed by atoms with Crippen LogP contribution in [0.4, 0.5) is 0 Å². The summed E-state index contributed by atoms with van der Waals surface area (Å²) in [7, 11) is 0. The van der Waals surface area contributed by atoms with Crippen LogP contribution in [-0.4, -0.2) is 10.2 Å². The van der Waals surface area contributed by atoms with Gasteiger partial charge in [-0.2, -0.15) is 5.10 Å². The molecule has 2 heteroatoms. The molecule has 2 aromatic rings. The lowest BCUT2D eigenvalue weighted by Gasteiger charge is -1.96. The molecule has 0 saturated carbocycles. The Morgan fingerprint density at radius 1 is 0.581 bits per heavy atom. The molecule has 0 unspecified atom stereocenters. The van der Waals surface area contributed by atoms with Gasteiger partial charge in [-0.25, -0.2) is 0 Å². The molecule has 0 aliphatic carbocycles. The van der Waals surface area contributed by atoms with Crippen molar-refractivity contribution in [3.63, 3.8) is 0 Å². The first kappa shape index (κ1) is 31.9. The molecule has 2 nitrogen and oxygen atoms in total. The van der Waals surface area contributed by atoms with E-state index in [9.17, 15) is 0 Å². The predicted molar refractivity (Wildman–Crippen MR) is 144 cm³/mol. The zero-order valence-corrected chi connectivity index (χ0v) is 22.6. The average molecular weight is 433 g/mol. The van der Waals surface area contributed by atoms with Gasteiger partial charge >= 0.3 is 0 Å². The van der Waals surface area contributed by atoms with Crippen LogP contribution in [0, 0.1) is 13.8 Å². The summed E-state index contributed by atoms with van der Waals surface area (Å²) < 4.78 is 0. The third-order valence-electron chi connectivity index (χ3n) is 5.46. The van der Waals surface area contributed by atoms with E-state index in [-0.39, 0.29) is 0 Å². The molecule has 1 aromatic carbocycles. The molecule has 0 bridgehead atoms. The molecular weight excluding hydrogens is 376 g/mol. The number of rotatable bonds is 12. The van der Waals surface area contributed by atoms with Gasteiger partial charge in [-0.3, -0.25) is 5.10 Å². The maximum Gasteiger partial charge on any atom is 0.0682 e. The van der Waals surface area contributed by atoms with Crippen molar-refractivity contribution < 1.29 is 0 Å². The minimum absolute atomic E-state index is 1.16. The van der Waals surface area contributed by atoms with E-state index in [2.05, 4.69) is 63.9 Å². The van der Waals surface area contributed by atoms with Gasteiger partial charge in [-0.15, -0.1) is 0 Å². The van der Waals surface area contributed by atoms with Gasteiger partial charge in [0.25, 0.3) is 0 Å². The van der Waals surface area contributed by atoms with E-state index in [0.29, 0.717) is 0 Å². The number of aryl methyl sites for hydroxylation is 2. The molecule has 31 heavy (non-hydrogen) atoms. The van der Waals surface area contributed by atoms with Crippen LogP contribution in [0.15, 0.2) is 18.3 Å². The topological polar surface area (TPSA) is 28.7 Å². The first-order chi connectivity index (χ1) is 15.1. The zero-order valence-electron chi connectivity index (χ0n) is 22.6. The molecule has 182 valence electrons. The van der Waals surface area contributed by atoms with E-state index < -0.39 is 0 Å². The van der Waals surface area contributed by atoms with Crippen molar-refractivity contribution in [1.82, 2.24) is 10.2 Å². The molecule has 1 N–H and O–H groups in total. The Hall–Kier alpha value is -1.31. The molecule has 0 fully saturated rings. The van der Waals surface area contributed by atoms with Crippen molar-refractivity contribution >= 4 is 10.9 Å².